The fraction of sp³-hybridized carbons (Fsp3) is 0.462. The fourth-order valence-corrected chi connectivity index (χ4v) is 2.39. The molecule has 0 amide bonds. The van der Waals surface area contributed by atoms with Crippen LogP contribution in [-0.4, -0.2) is 19.7 Å². The van der Waals surface area contributed by atoms with Gasteiger partial charge in [0.1, 0.15) is 11.0 Å². The molecule has 96 valence electrons. The maximum atomic E-state index is 6.11. The van der Waals surface area contributed by atoms with E-state index in [2.05, 4.69) is 28.9 Å². The van der Waals surface area contributed by atoms with E-state index >= 15 is 0 Å². The van der Waals surface area contributed by atoms with Crippen LogP contribution in [0.4, 0.5) is 0 Å². The first-order chi connectivity index (χ1) is 8.45. The molecule has 0 atom stereocenters. The SMILES string of the molecule is CCc1c(C)nn(-c2nc(C)nc(Cl)c2C)c1C. The zero-order chi connectivity index (χ0) is 13.4. The number of nitrogens with zero attached hydrogens (tertiary/aromatic N) is 4. The van der Waals surface area contributed by atoms with Crippen molar-refractivity contribution in [2.24, 2.45) is 0 Å². The third-order valence-electron chi connectivity index (χ3n) is 3.17. The van der Waals surface area contributed by atoms with Crippen molar-refractivity contribution in [2.75, 3.05) is 0 Å². The molecule has 0 bridgehead atoms. The van der Waals surface area contributed by atoms with E-state index in [1.165, 1.54) is 5.56 Å². The normalized spacial score (nSPS) is 11.0. The fourth-order valence-electron chi connectivity index (χ4n) is 2.18. The summed E-state index contributed by atoms with van der Waals surface area (Å²) in [4.78, 5) is 8.61. The monoisotopic (exact) mass is 264 g/mol. The minimum Gasteiger partial charge on any atom is -0.221 e. The molecule has 18 heavy (non-hydrogen) atoms. The Labute approximate surface area is 112 Å². The summed E-state index contributed by atoms with van der Waals surface area (Å²) in [5.41, 5.74) is 4.28. The first-order valence-corrected chi connectivity index (χ1v) is 6.39. The van der Waals surface area contributed by atoms with Crippen molar-refractivity contribution in [3.05, 3.63) is 33.5 Å². The van der Waals surface area contributed by atoms with E-state index in [0.29, 0.717) is 11.0 Å². The summed E-state index contributed by atoms with van der Waals surface area (Å²) in [7, 11) is 0. The van der Waals surface area contributed by atoms with Crippen molar-refractivity contribution in [3.8, 4) is 5.82 Å². The van der Waals surface area contributed by atoms with Crippen LogP contribution in [0.25, 0.3) is 5.82 Å². The summed E-state index contributed by atoms with van der Waals surface area (Å²) in [6.45, 7) is 9.96. The highest BCUT2D eigenvalue weighted by molar-refractivity contribution is 6.30. The van der Waals surface area contributed by atoms with E-state index < -0.39 is 0 Å². The number of aromatic nitrogens is 4. The molecule has 0 saturated carbocycles. The Morgan fingerprint density at radius 2 is 1.78 bits per heavy atom. The Balaban J connectivity index is 2.70. The molecule has 0 saturated heterocycles. The van der Waals surface area contributed by atoms with Gasteiger partial charge in [-0.2, -0.15) is 5.10 Å². The van der Waals surface area contributed by atoms with E-state index in [1.54, 1.807) is 0 Å². The minimum atomic E-state index is 0.489. The third-order valence-corrected chi connectivity index (χ3v) is 3.54. The number of aryl methyl sites for hydroxylation is 2. The molecule has 0 aliphatic heterocycles. The molecule has 0 aliphatic carbocycles. The molecule has 0 spiro atoms. The van der Waals surface area contributed by atoms with E-state index in [9.17, 15) is 0 Å². The average Bonchev–Trinajstić information content (AvgIpc) is 2.59. The predicted molar refractivity (Wildman–Crippen MR) is 72.5 cm³/mol. The molecule has 2 rings (SSSR count). The highest BCUT2D eigenvalue weighted by atomic mass is 35.5. The molecule has 0 aliphatic rings. The van der Waals surface area contributed by atoms with Gasteiger partial charge in [0.15, 0.2) is 5.82 Å². The summed E-state index contributed by atoms with van der Waals surface area (Å²) < 4.78 is 1.87. The van der Waals surface area contributed by atoms with Gasteiger partial charge in [-0.1, -0.05) is 18.5 Å². The van der Waals surface area contributed by atoms with Gasteiger partial charge in [-0.3, -0.25) is 0 Å². The molecule has 2 aromatic rings. The van der Waals surface area contributed by atoms with E-state index in [4.69, 9.17) is 11.6 Å². The van der Waals surface area contributed by atoms with Crippen LogP contribution < -0.4 is 0 Å². The molecule has 2 heterocycles. The largest absolute Gasteiger partial charge is 0.221 e. The molecule has 0 aromatic carbocycles. The van der Waals surface area contributed by atoms with Gasteiger partial charge < -0.3 is 0 Å². The maximum absolute atomic E-state index is 6.11. The van der Waals surface area contributed by atoms with Gasteiger partial charge in [-0.25, -0.2) is 14.6 Å². The van der Waals surface area contributed by atoms with Crippen LogP contribution >= 0.6 is 11.6 Å². The van der Waals surface area contributed by atoms with Gasteiger partial charge in [0.2, 0.25) is 0 Å². The zero-order valence-corrected chi connectivity index (χ0v) is 12.1. The molecule has 5 heteroatoms. The van der Waals surface area contributed by atoms with E-state index in [1.807, 2.05) is 25.5 Å². The smallest absolute Gasteiger partial charge is 0.161 e. The Kier molecular flexibility index (Phi) is 3.39. The molecular weight excluding hydrogens is 248 g/mol. The van der Waals surface area contributed by atoms with Crippen LogP contribution in [0.2, 0.25) is 5.15 Å². The summed E-state index contributed by atoms with van der Waals surface area (Å²) in [6, 6.07) is 0. The standard InChI is InChI=1S/C13H17ClN4/c1-6-11-8(3)17-18(9(11)4)13-7(2)12(14)15-10(5)16-13/h6H2,1-5H3. The third kappa shape index (κ3) is 2.01. The Bertz CT molecular complexity index is 602. The second kappa shape index (κ2) is 4.69. The predicted octanol–water partition coefficient (Wildman–Crippen LogP) is 3.11. The number of hydrogen-bond acceptors (Lipinski definition) is 3. The molecular formula is C13H17ClN4. The van der Waals surface area contributed by atoms with Crippen molar-refractivity contribution in [2.45, 2.75) is 41.0 Å². The van der Waals surface area contributed by atoms with Crippen LogP contribution in [0, 0.1) is 27.7 Å². The molecule has 0 radical (unpaired) electrons. The van der Waals surface area contributed by atoms with E-state index in [0.717, 1.165) is 29.2 Å². The van der Waals surface area contributed by atoms with Crippen molar-refractivity contribution in [1.29, 1.82) is 0 Å². The van der Waals surface area contributed by atoms with Gasteiger partial charge in [0.25, 0.3) is 0 Å². The topological polar surface area (TPSA) is 43.6 Å². The summed E-state index contributed by atoms with van der Waals surface area (Å²) in [5, 5.41) is 5.05. The van der Waals surface area contributed by atoms with Gasteiger partial charge in [-0.05, 0) is 39.7 Å². The summed E-state index contributed by atoms with van der Waals surface area (Å²) >= 11 is 6.11. The van der Waals surface area contributed by atoms with Gasteiger partial charge in [-0.15, -0.1) is 0 Å². The lowest BCUT2D eigenvalue weighted by molar-refractivity contribution is 0.783. The molecule has 0 fully saturated rings. The molecule has 2 aromatic heterocycles. The summed E-state index contributed by atoms with van der Waals surface area (Å²) in [5.74, 6) is 1.43. The maximum Gasteiger partial charge on any atom is 0.161 e. The van der Waals surface area contributed by atoms with Crippen molar-refractivity contribution < 1.29 is 0 Å². The first kappa shape index (κ1) is 13.0. The van der Waals surface area contributed by atoms with Gasteiger partial charge in [0.05, 0.1) is 5.69 Å². The van der Waals surface area contributed by atoms with Crippen LogP contribution in [-0.2, 0) is 6.42 Å². The van der Waals surface area contributed by atoms with Gasteiger partial charge >= 0.3 is 0 Å². The van der Waals surface area contributed by atoms with Crippen LogP contribution in [0.3, 0.4) is 0 Å². The van der Waals surface area contributed by atoms with Crippen LogP contribution in [0.5, 0.6) is 0 Å². The van der Waals surface area contributed by atoms with Crippen LogP contribution in [0.1, 0.15) is 35.3 Å². The number of hydrogen-bond donors (Lipinski definition) is 0. The highest BCUT2D eigenvalue weighted by Gasteiger charge is 2.16. The Morgan fingerprint density at radius 3 is 2.33 bits per heavy atom. The lowest BCUT2D eigenvalue weighted by atomic mass is 10.1. The second-order valence-electron chi connectivity index (χ2n) is 4.42. The molecule has 4 nitrogen and oxygen atoms in total. The molecule has 0 unspecified atom stereocenters. The lowest BCUT2D eigenvalue weighted by Gasteiger charge is -2.09. The summed E-state index contributed by atoms with van der Waals surface area (Å²) in [6.07, 6.45) is 0.967. The molecule has 0 N–H and O–H groups in total. The number of rotatable bonds is 2. The van der Waals surface area contributed by atoms with E-state index in [-0.39, 0.29) is 0 Å². The van der Waals surface area contributed by atoms with Crippen LogP contribution in [0.15, 0.2) is 0 Å². The number of halogens is 1. The van der Waals surface area contributed by atoms with Gasteiger partial charge in [0, 0.05) is 11.3 Å². The lowest BCUT2D eigenvalue weighted by Crippen LogP contribution is -2.07. The Morgan fingerprint density at radius 1 is 1.11 bits per heavy atom. The minimum absolute atomic E-state index is 0.489. The Hall–Kier alpha value is -1.42. The van der Waals surface area contributed by atoms with Crippen molar-refractivity contribution >= 4 is 11.6 Å². The van der Waals surface area contributed by atoms with Crippen molar-refractivity contribution in [1.82, 2.24) is 19.7 Å². The zero-order valence-electron chi connectivity index (χ0n) is 11.4. The first-order valence-electron chi connectivity index (χ1n) is 6.01. The highest BCUT2D eigenvalue weighted by Crippen LogP contribution is 2.22. The second-order valence-corrected chi connectivity index (χ2v) is 4.78. The quantitative estimate of drug-likeness (QED) is 0.783. The average molecular weight is 265 g/mol. The van der Waals surface area contributed by atoms with Crippen molar-refractivity contribution in [3.63, 3.8) is 0 Å².